The summed E-state index contributed by atoms with van der Waals surface area (Å²) in [5.41, 5.74) is 1.26. The second-order valence-corrected chi connectivity index (χ2v) is 5.09. The minimum atomic E-state index is -0.339. The van der Waals surface area contributed by atoms with Crippen LogP contribution in [0.1, 0.15) is 42.6 Å². The van der Waals surface area contributed by atoms with Crippen LogP contribution in [0.4, 0.5) is 0 Å². The third kappa shape index (κ3) is 2.76. The van der Waals surface area contributed by atoms with Crippen LogP contribution in [0.15, 0.2) is 30.8 Å². The molecule has 1 fully saturated rings. The molecule has 0 aliphatic heterocycles. The highest BCUT2D eigenvalue weighted by molar-refractivity contribution is 5.89. The monoisotopic (exact) mass is 230 g/mol. The molecule has 2 nitrogen and oxygen atoms in total. The zero-order chi connectivity index (χ0) is 12.5. The van der Waals surface area contributed by atoms with Crippen LogP contribution in [-0.4, -0.2) is 11.6 Å². The fraction of sp³-hybridized carbons (Fsp3) is 0.400. The summed E-state index contributed by atoms with van der Waals surface area (Å²) in [6, 6.07) is 7.30. The molecule has 90 valence electrons. The number of carbonyl (C=O) groups excluding carboxylic acids is 1. The Labute approximate surface area is 102 Å². The molecule has 1 aliphatic rings. The van der Waals surface area contributed by atoms with Crippen molar-refractivity contribution in [3.63, 3.8) is 0 Å². The molecule has 1 aromatic rings. The second kappa shape index (κ2) is 4.36. The van der Waals surface area contributed by atoms with Crippen molar-refractivity contribution >= 4 is 12.0 Å². The van der Waals surface area contributed by atoms with Crippen LogP contribution in [0.3, 0.4) is 0 Å². The van der Waals surface area contributed by atoms with E-state index in [1.54, 1.807) is 18.2 Å². The molecular formula is C15H18O2. The van der Waals surface area contributed by atoms with Crippen molar-refractivity contribution in [3.8, 4) is 0 Å². The smallest absolute Gasteiger partial charge is 0.338 e. The van der Waals surface area contributed by atoms with Crippen LogP contribution < -0.4 is 0 Å². The number of esters is 1. The number of hydrogen-bond donors (Lipinski definition) is 0. The summed E-state index contributed by atoms with van der Waals surface area (Å²) in [6.07, 6.45) is 4.08. The standard InChI is InChI=1S/C15H18O2/c1-4-11-5-7-12(8-6-11)14(16)17-15(2,3)13-9-10-13/h4-8,13H,1,9-10H2,2-3H3. The van der Waals surface area contributed by atoms with E-state index < -0.39 is 0 Å². The van der Waals surface area contributed by atoms with Crippen LogP contribution in [0.25, 0.3) is 6.08 Å². The quantitative estimate of drug-likeness (QED) is 0.738. The van der Waals surface area contributed by atoms with Crippen LogP contribution in [-0.2, 0) is 4.74 Å². The molecule has 0 radical (unpaired) electrons. The van der Waals surface area contributed by atoms with Gasteiger partial charge in [0.1, 0.15) is 5.60 Å². The van der Waals surface area contributed by atoms with Gasteiger partial charge in [-0.05, 0) is 50.3 Å². The molecule has 1 aromatic carbocycles. The van der Waals surface area contributed by atoms with Gasteiger partial charge in [-0.15, -0.1) is 0 Å². The molecule has 0 atom stereocenters. The van der Waals surface area contributed by atoms with Crippen molar-refractivity contribution in [2.45, 2.75) is 32.3 Å². The molecule has 1 aliphatic carbocycles. The van der Waals surface area contributed by atoms with Gasteiger partial charge in [-0.3, -0.25) is 0 Å². The maximum atomic E-state index is 11.9. The van der Waals surface area contributed by atoms with Gasteiger partial charge in [0.05, 0.1) is 5.56 Å². The van der Waals surface area contributed by atoms with E-state index in [9.17, 15) is 4.79 Å². The first kappa shape index (κ1) is 11.9. The molecule has 0 aromatic heterocycles. The molecule has 0 unspecified atom stereocenters. The summed E-state index contributed by atoms with van der Waals surface area (Å²) in [7, 11) is 0. The van der Waals surface area contributed by atoms with Gasteiger partial charge in [-0.2, -0.15) is 0 Å². The molecular weight excluding hydrogens is 212 g/mol. The average Bonchev–Trinajstić information content (AvgIpc) is 3.12. The first-order valence-electron chi connectivity index (χ1n) is 5.99. The van der Waals surface area contributed by atoms with E-state index in [0.717, 1.165) is 18.4 Å². The average molecular weight is 230 g/mol. The number of carbonyl (C=O) groups is 1. The van der Waals surface area contributed by atoms with Crippen molar-refractivity contribution in [1.82, 2.24) is 0 Å². The molecule has 0 heterocycles. The van der Waals surface area contributed by atoms with E-state index in [1.165, 1.54) is 0 Å². The minimum Gasteiger partial charge on any atom is -0.456 e. The van der Waals surface area contributed by atoms with E-state index >= 15 is 0 Å². The molecule has 2 heteroatoms. The largest absolute Gasteiger partial charge is 0.456 e. The van der Waals surface area contributed by atoms with Crippen LogP contribution in [0.2, 0.25) is 0 Å². The summed E-state index contributed by atoms with van der Waals surface area (Å²) in [5.74, 6) is 0.288. The molecule has 0 amide bonds. The summed E-state index contributed by atoms with van der Waals surface area (Å²) in [4.78, 5) is 11.9. The topological polar surface area (TPSA) is 26.3 Å². The van der Waals surface area contributed by atoms with E-state index in [0.29, 0.717) is 11.5 Å². The van der Waals surface area contributed by atoms with Crippen molar-refractivity contribution in [2.75, 3.05) is 0 Å². The highest BCUT2D eigenvalue weighted by Crippen LogP contribution is 2.41. The lowest BCUT2D eigenvalue weighted by Crippen LogP contribution is -2.30. The first-order chi connectivity index (χ1) is 8.03. The Hall–Kier alpha value is -1.57. The maximum Gasteiger partial charge on any atom is 0.338 e. The highest BCUT2D eigenvalue weighted by atomic mass is 16.6. The Bertz CT molecular complexity index is 425. The van der Waals surface area contributed by atoms with Crippen LogP contribution in [0, 0.1) is 5.92 Å². The van der Waals surface area contributed by atoms with Gasteiger partial charge in [-0.25, -0.2) is 4.79 Å². The van der Waals surface area contributed by atoms with E-state index in [1.807, 2.05) is 26.0 Å². The summed E-state index contributed by atoms with van der Waals surface area (Å²) < 4.78 is 5.56. The normalized spacial score (nSPS) is 15.4. The third-order valence-electron chi connectivity index (χ3n) is 3.30. The summed E-state index contributed by atoms with van der Waals surface area (Å²) in [5, 5.41) is 0. The Morgan fingerprint density at radius 3 is 2.41 bits per heavy atom. The SMILES string of the molecule is C=Cc1ccc(C(=O)OC(C)(C)C2CC2)cc1. The van der Waals surface area contributed by atoms with Crippen molar-refractivity contribution in [2.24, 2.45) is 5.92 Å². The number of hydrogen-bond acceptors (Lipinski definition) is 2. The predicted octanol–water partition coefficient (Wildman–Crippen LogP) is 3.68. The predicted molar refractivity (Wildman–Crippen MR) is 68.8 cm³/mol. The fourth-order valence-electron chi connectivity index (χ4n) is 1.91. The van der Waals surface area contributed by atoms with E-state index in [-0.39, 0.29) is 11.6 Å². The fourth-order valence-corrected chi connectivity index (χ4v) is 1.91. The molecule has 2 rings (SSSR count). The highest BCUT2D eigenvalue weighted by Gasteiger charge is 2.40. The zero-order valence-electron chi connectivity index (χ0n) is 10.4. The Morgan fingerprint density at radius 2 is 1.94 bits per heavy atom. The van der Waals surface area contributed by atoms with Gasteiger partial charge < -0.3 is 4.74 Å². The molecule has 0 spiro atoms. The number of rotatable bonds is 4. The first-order valence-corrected chi connectivity index (χ1v) is 5.99. The van der Waals surface area contributed by atoms with Gasteiger partial charge in [0.15, 0.2) is 0 Å². The zero-order valence-corrected chi connectivity index (χ0v) is 10.4. The van der Waals surface area contributed by atoms with Gasteiger partial charge in [0.2, 0.25) is 0 Å². The lowest BCUT2D eigenvalue weighted by Gasteiger charge is -2.24. The number of benzene rings is 1. The van der Waals surface area contributed by atoms with Crippen LogP contribution >= 0.6 is 0 Å². The minimum absolute atomic E-state index is 0.238. The Morgan fingerprint density at radius 1 is 1.35 bits per heavy atom. The van der Waals surface area contributed by atoms with E-state index in [4.69, 9.17) is 4.74 Å². The van der Waals surface area contributed by atoms with Crippen molar-refractivity contribution in [1.29, 1.82) is 0 Å². The lowest BCUT2D eigenvalue weighted by atomic mass is 10.0. The van der Waals surface area contributed by atoms with E-state index in [2.05, 4.69) is 6.58 Å². The number of ether oxygens (including phenoxy) is 1. The molecule has 1 saturated carbocycles. The lowest BCUT2D eigenvalue weighted by molar-refractivity contribution is -0.0110. The van der Waals surface area contributed by atoms with Crippen molar-refractivity contribution in [3.05, 3.63) is 42.0 Å². The summed E-state index contributed by atoms with van der Waals surface area (Å²) in [6.45, 7) is 7.65. The molecule has 0 N–H and O–H groups in total. The maximum absolute atomic E-state index is 11.9. The van der Waals surface area contributed by atoms with Gasteiger partial charge >= 0.3 is 5.97 Å². The third-order valence-corrected chi connectivity index (χ3v) is 3.30. The van der Waals surface area contributed by atoms with Crippen molar-refractivity contribution < 1.29 is 9.53 Å². The molecule has 0 bridgehead atoms. The van der Waals surface area contributed by atoms with Crippen LogP contribution in [0.5, 0.6) is 0 Å². The molecule has 0 saturated heterocycles. The Kier molecular flexibility index (Phi) is 3.05. The summed E-state index contributed by atoms with van der Waals surface area (Å²) >= 11 is 0. The van der Waals surface area contributed by atoms with Gasteiger partial charge in [0.25, 0.3) is 0 Å². The second-order valence-electron chi connectivity index (χ2n) is 5.09. The Balaban J connectivity index is 2.05. The van der Waals surface area contributed by atoms with Gasteiger partial charge in [0, 0.05) is 0 Å². The van der Waals surface area contributed by atoms with Gasteiger partial charge in [-0.1, -0.05) is 24.8 Å². The molecule has 17 heavy (non-hydrogen) atoms.